The van der Waals surface area contributed by atoms with Gasteiger partial charge in [-0.15, -0.1) is 0 Å². The zero-order chi connectivity index (χ0) is 25.8. The molecule has 0 N–H and O–H groups in total. The predicted octanol–water partition coefficient (Wildman–Crippen LogP) is 8.18. The number of ether oxygens (including phenoxy) is 3. The van der Waals surface area contributed by atoms with Crippen molar-refractivity contribution >= 4 is 5.97 Å². The highest BCUT2D eigenvalue weighted by molar-refractivity contribution is 5.70. The molecule has 0 radical (unpaired) electrons. The van der Waals surface area contributed by atoms with E-state index in [1.807, 2.05) is 18.2 Å². The van der Waals surface area contributed by atoms with Crippen molar-refractivity contribution < 1.29 is 19.0 Å². The third-order valence-corrected chi connectivity index (χ3v) is 7.59. The van der Waals surface area contributed by atoms with Crippen LogP contribution < -0.4 is 0 Å². The van der Waals surface area contributed by atoms with Gasteiger partial charge in [-0.2, -0.15) is 0 Å². The first kappa shape index (κ1) is 29.8. The smallest absolute Gasteiger partial charge is 0.306 e. The Labute approximate surface area is 215 Å². The van der Waals surface area contributed by atoms with Crippen molar-refractivity contribution in [1.82, 2.24) is 0 Å². The summed E-state index contributed by atoms with van der Waals surface area (Å²) >= 11 is 0. The molecule has 0 amide bonds. The summed E-state index contributed by atoms with van der Waals surface area (Å²) in [5.74, 6) is 2.48. The molecule has 1 aromatic rings. The lowest BCUT2D eigenvalue weighted by Gasteiger charge is -2.30. The van der Waals surface area contributed by atoms with Crippen molar-refractivity contribution in [2.24, 2.45) is 29.6 Å². The summed E-state index contributed by atoms with van der Waals surface area (Å²) in [5.41, 5.74) is 0.956. The van der Waals surface area contributed by atoms with E-state index in [1.54, 1.807) is 0 Å². The number of hydrogen-bond acceptors (Lipinski definition) is 4. The molecule has 4 heteroatoms. The number of benzene rings is 1. The van der Waals surface area contributed by atoms with Crippen LogP contribution in [0.4, 0.5) is 0 Å². The number of hydrogen-bond donors (Lipinski definition) is 0. The largest absolute Gasteiger partial charge is 0.459 e. The maximum Gasteiger partial charge on any atom is 0.306 e. The maximum absolute atomic E-state index is 12.4. The highest BCUT2D eigenvalue weighted by atomic mass is 16.7. The summed E-state index contributed by atoms with van der Waals surface area (Å²) in [7, 11) is 0. The Hall–Kier alpha value is -1.39. The third kappa shape index (κ3) is 11.5. The summed E-state index contributed by atoms with van der Waals surface area (Å²) in [5, 5.41) is 0. The van der Waals surface area contributed by atoms with Gasteiger partial charge in [0, 0.05) is 6.42 Å². The van der Waals surface area contributed by atoms with Gasteiger partial charge in [0.15, 0.2) is 0 Å². The molecular formula is C31H52O4. The molecule has 5 atom stereocenters. The summed E-state index contributed by atoms with van der Waals surface area (Å²) in [6.07, 6.45) is 8.50. The second-order valence-corrected chi connectivity index (χ2v) is 12.2. The van der Waals surface area contributed by atoms with E-state index in [2.05, 4.69) is 60.6 Å². The second kappa shape index (κ2) is 15.0. The van der Waals surface area contributed by atoms with E-state index in [-0.39, 0.29) is 17.7 Å². The fourth-order valence-electron chi connectivity index (χ4n) is 6.12. The lowest BCUT2D eigenvalue weighted by molar-refractivity contribution is -0.158. The van der Waals surface area contributed by atoms with Gasteiger partial charge in [0.25, 0.3) is 0 Å². The van der Waals surface area contributed by atoms with Gasteiger partial charge in [0.05, 0.1) is 12.7 Å². The Morgan fingerprint density at radius 2 is 1.49 bits per heavy atom. The van der Waals surface area contributed by atoms with Gasteiger partial charge in [-0.05, 0) is 87.0 Å². The van der Waals surface area contributed by atoms with Crippen LogP contribution in [0, 0.1) is 29.6 Å². The molecule has 200 valence electrons. The van der Waals surface area contributed by atoms with Crippen molar-refractivity contribution in [1.29, 1.82) is 0 Å². The van der Waals surface area contributed by atoms with Gasteiger partial charge in [0.2, 0.25) is 0 Å². The van der Waals surface area contributed by atoms with E-state index < -0.39 is 0 Å². The average Bonchev–Trinajstić information content (AvgIpc) is 3.18. The molecule has 0 heterocycles. The van der Waals surface area contributed by atoms with Crippen LogP contribution in [0.2, 0.25) is 0 Å². The van der Waals surface area contributed by atoms with Crippen LogP contribution in [0.5, 0.6) is 0 Å². The summed E-state index contributed by atoms with van der Waals surface area (Å²) in [6.45, 7) is 16.7. The van der Waals surface area contributed by atoms with Gasteiger partial charge in [-0.3, -0.25) is 4.79 Å². The Kier molecular flexibility index (Phi) is 12.8. The molecule has 1 saturated carbocycles. The molecule has 0 spiro atoms. The van der Waals surface area contributed by atoms with Crippen LogP contribution >= 0.6 is 0 Å². The van der Waals surface area contributed by atoms with Gasteiger partial charge >= 0.3 is 5.97 Å². The number of esters is 1. The van der Waals surface area contributed by atoms with E-state index in [0.717, 1.165) is 25.7 Å². The molecular weight excluding hydrogens is 436 g/mol. The fraction of sp³-hybridized carbons (Fsp3) is 0.774. The third-order valence-electron chi connectivity index (χ3n) is 7.59. The molecule has 4 nitrogen and oxygen atoms in total. The number of rotatable bonds is 16. The summed E-state index contributed by atoms with van der Waals surface area (Å²) < 4.78 is 17.8. The monoisotopic (exact) mass is 488 g/mol. The minimum Gasteiger partial charge on any atom is -0.459 e. The molecule has 0 bridgehead atoms. The first-order chi connectivity index (χ1) is 16.6. The highest BCUT2D eigenvalue weighted by Crippen LogP contribution is 2.34. The number of carbonyl (C=O) groups excluding carboxylic acids is 1. The molecule has 0 unspecified atom stereocenters. The molecule has 1 aliphatic rings. The SMILES string of the molecule is CC(C)[C@@H](OCOCc1ccccc1)[C@@H](C)C[C@@H](C)C[C@@H](C)C[C@@H](C)CC(=O)OC1(C)CCCC1. The average molecular weight is 489 g/mol. The van der Waals surface area contributed by atoms with Crippen LogP contribution in [0.3, 0.4) is 0 Å². The Morgan fingerprint density at radius 1 is 0.886 bits per heavy atom. The van der Waals surface area contributed by atoms with Gasteiger partial charge in [0.1, 0.15) is 12.4 Å². The summed E-state index contributed by atoms with van der Waals surface area (Å²) in [6, 6.07) is 10.2. The molecule has 0 aliphatic heterocycles. The fourth-order valence-corrected chi connectivity index (χ4v) is 6.12. The minimum atomic E-state index is -0.214. The number of carbonyl (C=O) groups is 1. The van der Waals surface area contributed by atoms with Gasteiger partial charge in [-0.25, -0.2) is 0 Å². The molecule has 1 aliphatic carbocycles. The van der Waals surface area contributed by atoms with Crippen LogP contribution in [0.1, 0.15) is 105 Å². The maximum atomic E-state index is 12.4. The lowest BCUT2D eigenvalue weighted by Crippen LogP contribution is -2.30. The standard InChI is InChI=1S/C31H52O4/c1-23(2)30(34-22-33-21-28-13-9-8-10-14-28)27(6)19-25(4)17-24(3)18-26(5)20-29(32)35-31(7)15-11-12-16-31/h8-10,13-14,23-27,30H,11-12,15-22H2,1-7H3/t24-,25+,26-,27+,30-/m1/s1. The zero-order valence-corrected chi connectivity index (χ0v) is 23.6. The lowest BCUT2D eigenvalue weighted by atomic mass is 9.82. The van der Waals surface area contributed by atoms with Crippen LogP contribution in [-0.4, -0.2) is 24.5 Å². The quantitative estimate of drug-likeness (QED) is 0.134. The Bertz CT molecular complexity index is 710. The molecule has 2 rings (SSSR count). The predicted molar refractivity (Wildman–Crippen MR) is 144 cm³/mol. The normalized spacial score (nSPS) is 19.8. The Balaban J connectivity index is 1.68. The molecule has 35 heavy (non-hydrogen) atoms. The molecule has 0 saturated heterocycles. The first-order valence-corrected chi connectivity index (χ1v) is 14.0. The molecule has 0 aromatic heterocycles. The van der Waals surface area contributed by atoms with E-state index >= 15 is 0 Å². The first-order valence-electron chi connectivity index (χ1n) is 14.0. The topological polar surface area (TPSA) is 44.8 Å². The van der Waals surface area contributed by atoms with Crippen molar-refractivity contribution in [3.05, 3.63) is 35.9 Å². The second-order valence-electron chi connectivity index (χ2n) is 12.2. The molecule has 1 fully saturated rings. The van der Waals surface area contributed by atoms with Gasteiger partial charge in [-0.1, -0.05) is 71.9 Å². The van der Waals surface area contributed by atoms with Crippen LogP contribution in [0.25, 0.3) is 0 Å². The van der Waals surface area contributed by atoms with Crippen molar-refractivity contribution in [2.75, 3.05) is 6.79 Å². The van der Waals surface area contributed by atoms with Crippen molar-refractivity contribution in [3.8, 4) is 0 Å². The minimum absolute atomic E-state index is 0.0119. The van der Waals surface area contributed by atoms with E-state index in [0.29, 0.717) is 49.4 Å². The zero-order valence-electron chi connectivity index (χ0n) is 23.6. The van der Waals surface area contributed by atoms with Crippen molar-refractivity contribution in [2.45, 2.75) is 118 Å². The van der Waals surface area contributed by atoms with E-state index in [1.165, 1.54) is 24.8 Å². The van der Waals surface area contributed by atoms with Gasteiger partial charge < -0.3 is 14.2 Å². The summed E-state index contributed by atoms with van der Waals surface area (Å²) in [4.78, 5) is 12.4. The van der Waals surface area contributed by atoms with Crippen LogP contribution in [-0.2, 0) is 25.6 Å². The Morgan fingerprint density at radius 3 is 2.11 bits per heavy atom. The van der Waals surface area contributed by atoms with E-state index in [9.17, 15) is 4.79 Å². The van der Waals surface area contributed by atoms with E-state index in [4.69, 9.17) is 14.2 Å². The van der Waals surface area contributed by atoms with Crippen molar-refractivity contribution in [3.63, 3.8) is 0 Å². The highest BCUT2D eigenvalue weighted by Gasteiger charge is 2.33. The van der Waals surface area contributed by atoms with Crippen LogP contribution in [0.15, 0.2) is 30.3 Å². The molecule has 1 aromatic carbocycles.